The van der Waals surface area contributed by atoms with Gasteiger partial charge in [0, 0.05) is 24.0 Å². The third-order valence-electron chi connectivity index (χ3n) is 7.05. The Morgan fingerprint density at radius 2 is 1.89 bits per heavy atom. The summed E-state index contributed by atoms with van der Waals surface area (Å²) in [5, 5.41) is 16.5. The molecule has 0 saturated heterocycles. The second kappa shape index (κ2) is 8.48. The minimum Gasteiger partial charge on any atom is -0.324 e. The third-order valence-corrected chi connectivity index (χ3v) is 7.66. The smallest absolute Gasteiger partial charge is 0.324 e. The second-order valence-corrected chi connectivity index (χ2v) is 9.92. The molecule has 178 valence electrons. The second-order valence-electron chi connectivity index (χ2n) is 9.10. The van der Waals surface area contributed by atoms with Gasteiger partial charge >= 0.3 is 5.69 Å². The molecule has 4 aromatic rings. The molecule has 2 aromatic carbocycles. The van der Waals surface area contributed by atoms with Gasteiger partial charge in [0.15, 0.2) is 5.65 Å². The predicted octanol–water partition coefficient (Wildman–Crippen LogP) is 4.55. The van der Waals surface area contributed by atoms with E-state index in [1.54, 1.807) is 18.2 Å². The first-order valence-electron chi connectivity index (χ1n) is 11.6. The summed E-state index contributed by atoms with van der Waals surface area (Å²) in [7, 11) is 0. The highest BCUT2D eigenvalue weighted by atomic mass is 35.5. The Bertz CT molecular complexity index is 1570. The molecule has 1 aliphatic carbocycles. The number of benzene rings is 2. The van der Waals surface area contributed by atoms with E-state index < -0.39 is 5.69 Å². The first-order valence-corrected chi connectivity index (χ1v) is 12.4. The maximum absolute atomic E-state index is 12.9. The van der Waals surface area contributed by atoms with Crippen LogP contribution < -0.4 is 21.8 Å². The molecule has 1 spiro atoms. The topological polar surface area (TPSA) is 111 Å². The van der Waals surface area contributed by atoms with Crippen molar-refractivity contribution in [3.8, 4) is 5.69 Å². The number of hydrogen-bond donors (Lipinski definition) is 4. The van der Waals surface area contributed by atoms with E-state index in [2.05, 4.69) is 43.8 Å². The fraction of sp³-hybridized carbons (Fsp3) is 0.280. The fourth-order valence-electron chi connectivity index (χ4n) is 5.44. The summed E-state index contributed by atoms with van der Waals surface area (Å²) >= 11 is 12.6. The van der Waals surface area contributed by atoms with Crippen LogP contribution in [0.2, 0.25) is 10.0 Å². The van der Waals surface area contributed by atoms with Crippen LogP contribution in [0.3, 0.4) is 0 Å². The molecule has 6 rings (SSSR count). The first kappa shape index (κ1) is 22.3. The number of fused-ring (bicyclic) bond motifs is 3. The number of nitrogens with one attached hydrogen (secondary N) is 4. The van der Waals surface area contributed by atoms with E-state index >= 15 is 0 Å². The molecule has 3 heterocycles. The molecule has 2 aromatic heterocycles. The van der Waals surface area contributed by atoms with Crippen LogP contribution in [0, 0.1) is 5.41 Å². The SMILES string of the molecule is N=c1c2cnc(Nc3ccc4c(c3)CCNC43CCCC3)nc2[nH]c(=O)n1-c1c(Cl)cccc1Cl. The van der Waals surface area contributed by atoms with Crippen molar-refractivity contribution in [3.05, 3.63) is 79.7 Å². The molecule has 10 heteroatoms. The Kier molecular flexibility index (Phi) is 5.40. The summed E-state index contributed by atoms with van der Waals surface area (Å²) in [5.74, 6) is 0.338. The van der Waals surface area contributed by atoms with Crippen molar-refractivity contribution in [3.63, 3.8) is 0 Å². The van der Waals surface area contributed by atoms with Gasteiger partial charge in [0.25, 0.3) is 0 Å². The summed E-state index contributed by atoms with van der Waals surface area (Å²) in [4.78, 5) is 24.5. The van der Waals surface area contributed by atoms with E-state index in [9.17, 15) is 4.79 Å². The zero-order chi connectivity index (χ0) is 24.2. The molecule has 0 amide bonds. The van der Waals surface area contributed by atoms with Gasteiger partial charge in [-0.1, -0.05) is 48.2 Å². The van der Waals surface area contributed by atoms with Crippen molar-refractivity contribution in [2.75, 3.05) is 11.9 Å². The number of H-pyrrole nitrogens is 1. The highest BCUT2D eigenvalue weighted by molar-refractivity contribution is 6.37. The number of nitrogens with zero attached hydrogens (tertiary/aromatic N) is 3. The van der Waals surface area contributed by atoms with Crippen molar-refractivity contribution in [1.29, 1.82) is 5.41 Å². The number of halogens is 2. The van der Waals surface area contributed by atoms with Gasteiger partial charge in [-0.25, -0.2) is 14.3 Å². The molecular weight excluding hydrogens is 485 g/mol. The van der Waals surface area contributed by atoms with Gasteiger partial charge in [-0.3, -0.25) is 10.4 Å². The molecule has 0 radical (unpaired) electrons. The lowest BCUT2D eigenvalue weighted by atomic mass is 9.81. The van der Waals surface area contributed by atoms with Crippen LogP contribution in [0.1, 0.15) is 36.8 Å². The summed E-state index contributed by atoms with van der Waals surface area (Å²) < 4.78 is 1.12. The number of aromatic nitrogens is 4. The highest BCUT2D eigenvalue weighted by Crippen LogP contribution is 2.42. The van der Waals surface area contributed by atoms with Gasteiger partial charge in [-0.05, 0) is 54.7 Å². The van der Waals surface area contributed by atoms with E-state index in [1.165, 1.54) is 43.0 Å². The van der Waals surface area contributed by atoms with Gasteiger partial charge in [-0.15, -0.1) is 0 Å². The Labute approximate surface area is 210 Å². The summed E-state index contributed by atoms with van der Waals surface area (Å²) in [6, 6.07) is 11.3. The molecule has 0 bridgehead atoms. The molecule has 1 fully saturated rings. The van der Waals surface area contributed by atoms with Crippen molar-refractivity contribution in [2.45, 2.75) is 37.6 Å². The van der Waals surface area contributed by atoms with E-state index in [1.807, 2.05) is 0 Å². The number of aromatic amines is 1. The largest absolute Gasteiger partial charge is 0.333 e. The van der Waals surface area contributed by atoms with E-state index in [4.69, 9.17) is 28.6 Å². The number of hydrogen-bond acceptors (Lipinski definition) is 6. The first-order chi connectivity index (χ1) is 16.9. The van der Waals surface area contributed by atoms with Crippen molar-refractivity contribution in [1.82, 2.24) is 24.8 Å². The van der Waals surface area contributed by atoms with Gasteiger partial charge in [0.05, 0.1) is 21.1 Å². The Morgan fingerprint density at radius 3 is 2.66 bits per heavy atom. The predicted molar refractivity (Wildman–Crippen MR) is 137 cm³/mol. The van der Waals surface area contributed by atoms with Crippen LogP contribution in [0.15, 0.2) is 47.4 Å². The lowest BCUT2D eigenvalue weighted by Gasteiger charge is -2.37. The van der Waals surface area contributed by atoms with Crippen LogP contribution >= 0.6 is 23.2 Å². The van der Waals surface area contributed by atoms with Gasteiger partial charge < -0.3 is 10.6 Å². The zero-order valence-corrected chi connectivity index (χ0v) is 20.3. The van der Waals surface area contributed by atoms with Crippen LogP contribution in [0.25, 0.3) is 16.7 Å². The van der Waals surface area contributed by atoms with Crippen LogP contribution in [0.5, 0.6) is 0 Å². The molecule has 0 unspecified atom stereocenters. The molecule has 1 saturated carbocycles. The molecule has 0 atom stereocenters. The van der Waals surface area contributed by atoms with Gasteiger partial charge in [-0.2, -0.15) is 4.98 Å². The van der Waals surface area contributed by atoms with Crippen molar-refractivity contribution < 1.29 is 0 Å². The summed E-state index contributed by atoms with van der Waals surface area (Å²) in [6.07, 6.45) is 7.38. The Balaban J connectivity index is 1.36. The molecule has 35 heavy (non-hydrogen) atoms. The molecular formula is C25H23Cl2N7O. The molecule has 8 nitrogen and oxygen atoms in total. The van der Waals surface area contributed by atoms with Crippen molar-refractivity contribution >= 4 is 45.9 Å². The van der Waals surface area contributed by atoms with E-state index in [-0.39, 0.29) is 32.4 Å². The minimum atomic E-state index is -0.565. The van der Waals surface area contributed by atoms with Gasteiger partial charge in [0.1, 0.15) is 5.49 Å². The summed E-state index contributed by atoms with van der Waals surface area (Å²) in [6.45, 7) is 0.978. The van der Waals surface area contributed by atoms with E-state index in [0.717, 1.165) is 23.2 Å². The quantitative estimate of drug-likeness (QED) is 0.325. The lowest BCUT2D eigenvalue weighted by molar-refractivity contribution is 0.324. The average molecular weight is 508 g/mol. The maximum Gasteiger partial charge on any atom is 0.333 e. The Hall–Kier alpha value is -3.20. The van der Waals surface area contributed by atoms with E-state index in [0.29, 0.717) is 11.3 Å². The van der Waals surface area contributed by atoms with Crippen molar-refractivity contribution in [2.24, 2.45) is 0 Å². The Morgan fingerprint density at radius 1 is 1.11 bits per heavy atom. The van der Waals surface area contributed by atoms with Gasteiger partial charge in [0.2, 0.25) is 5.95 Å². The van der Waals surface area contributed by atoms with Crippen LogP contribution in [-0.4, -0.2) is 26.1 Å². The van der Waals surface area contributed by atoms with Crippen LogP contribution in [0.4, 0.5) is 11.6 Å². The van der Waals surface area contributed by atoms with Crippen LogP contribution in [-0.2, 0) is 12.0 Å². The maximum atomic E-state index is 12.9. The average Bonchev–Trinajstić information content (AvgIpc) is 3.29. The molecule has 2 aliphatic rings. The lowest BCUT2D eigenvalue weighted by Crippen LogP contribution is -2.45. The number of anilines is 2. The molecule has 1 aliphatic heterocycles. The third kappa shape index (κ3) is 3.73. The minimum absolute atomic E-state index is 0.103. The zero-order valence-electron chi connectivity index (χ0n) is 18.8. The number of rotatable bonds is 3. The number of para-hydroxylation sites is 1. The fourth-order valence-corrected chi connectivity index (χ4v) is 6.00. The monoisotopic (exact) mass is 507 g/mol. The normalized spacial score (nSPS) is 16.5. The summed E-state index contributed by atoms with van der Waals surface area (Å²) in [5.41, 5.74) is 3.58. The standard InChI is InChI=1S/C25H23Cl2N7O/c26-18-4-3-5-19(27)20(18)34-21(28)16-13-29-23(32-22(16)33-24(34)35)31-15-6-7-17-14(12-15)8-11-30-25(17)9-1-2-10-25/h3-7,12-13,28,30H,1-2,8-11H2,(H2,29,31,32,33,35). The highest BCUT2D eigenvalue weighted by Gasteiger charge is 2.38. The molecule has 4 N–H and O–H groups in total.